The topological polar surface area (TPSA) is 97.3 Å². The van der Waals surface area contributed by atoms with Crippen molar-refractivity contribution >= 4 is 17.6 Å². The van der Waals surface area contributed by atoms with Crippen molar-refractivity contribution in [2.24, 2.45) is 0 Å². The molecule has 1 aliphatic rings. The smallest absolute Gasteiger partial charge is 0.339 e. The molecule has 144 valence electrons. The van der Waals surface area contributed by atoms with Crippen molar-refractivity contribution in [3.05, 3.63) is 52.5 Å². The van der Waals surface area contributed by atoms with Gasteiger partial charge in [-0.15, -0.1) is 0 Å². The van der Waals surface area contributed by atoms with Gasteiger partial charge in [-0.2, -0.15) is 0 Å². The second-order valence-electron chi connectivity index (χ2n) is 6.06. The largest absolute Gasteiger partial charge is 0.496 e. The monoisotopic (exact) mass is 393 g/mol. The SMILES string of the molecule is COc1ccc(C(O)CNCC2COc3c(Cl)cccc3O2)cc1C(=O)O. The van der Waals surface area contributed by atoms with E-state index < -0.39 is 12.1 Å². The standard InChI is InChI=1S/C19H20ClNO6/c1-25-16-6-5-11(7-13(16)19(23)24)15(22)9-21-8-12-10-26-18-14(20)3-2-4-17(18)27-12/h2-7,12,15,21-22H,8-10H2,1H3,(H,23,24). The van der Waals surface area contributed by atoms with Gasteiger partial charge in [-0.05, 0) is 29.8 Å². The molecule has 8 heteroatoms. The van der Waals surface area contributed by atoms with Gasteiger partial charge in [0.2, 0.25) is 0 Å². The van der Waals surface area contributed by atoms with Crippen LogP contribution in [0.4, 0.5) is 0 Å². The van der Waals surface area contributed by atoms with E-state index in [0.29, 0.717) is 35.2 Å². The Morgan fingerprint density at radius 2 is 2.22 bits per heavy atom. The van der Waals surface area contributed by atoms with Crippen LogP contribution in [0.1, 0.15) is 22.0 Å². The van der Waals surface area contributed by atoms with Crippen LogP contribution in [-0.2, 0) is 0 Å². The van der Waals surface area contributed by atoms with Gasteiger partial charge in [0.1, 0.15) is 24.0 Å². The second kappa shape index (κ2) is 8.47. The van der Waals surface area contributed by atoms with Crippen LogP contribution in [0.15, 0.2) is 36.4 Å². The molecule has 2 unspecified atom stereocenters. The van der Waals surface area contributed by atoms with Crippen LogP contribution in [0, 0.1) is 0 Å². The van der Waals surface area contributed by atoms with Gasteiger partial charge in [0.15, 0.2) is 11.5 Å². The van der Waals surface area contributed by atoms with E-state index in [1.54, 1.807) is 24.3 Å². The number of hydrogen-bond donors (Lipinski definition) is 3. The number of aliphatic hydroxyl groups excluding tert-OH is 1. The Morgan fingerprint density at radius 1 is 1.41 bits per heavy atom. The third-order valence-electron chi connectivity index (χ3n) is 4.19. The number of methoxy groups -OCH3 is 1. The zero-order valence-corrected chi connectivity index (χ0v) is 15.4. The van der Waals surface area contributed by atoms with Gasteiger partial charge in [-0.1, -0.05) is 23.7 Å². The minimum atomic E-state index is -1.11. The number of hydrogen-bond acceptors (Lipinski definition) is 6. The van der Waals surface area contributed by atoms with Crippen molar-refractivity contribution in [3.63, 3.8) is 0 Å². The second-order valence-corrected chi connectivity index (χ2v) is 6.46. The fourth-order valence-electron chi connectivity index (χ4n) is 2.81. The van der Waals surface area contributed by atoms with Crippen molar-refractivity contribution in [2.75, 3.05) is 26.8 Å². The van der Waals surface area contributed by atoms with Gasteiger partial charge in [0, 0.05) is 13.1 Å². The van der Waals surface area contributed by atoms with Gasteiger partial charge < -0.3 is 29.7 Å². The lowest BCUT2D eigenvalue weighted by Crippen LogP contribution is -2.39. The van der Waals surface area contributed by atoms with E-state index in [1.165, 1.54) is 19.2 Å². The van der Waals surface area contributed by atoms with Crippen molar-refractivity contribution in [2.45, 2.75) is 12.2 Å². The fourth-order valence-corrected chi connectivity index (χ4v) is 3.03. The number of carboxylic acids is 1. The first kappa shape index (κ1) is 19.3. The lowest BCUT2D eigenvalue weighted by Gasteiger charge is -2.27. The summed E-state index contributed by atoms with van der Waals surface area (Å²) in [6.45, 7) is 1.02. The first-order chi connectivity index (χ1) is 13.0. The Bertz CT molecular complexity index is 828. The molecular formula is C19H20ClNO6. The first-order valence-electron chi connectivity index (χ1n) is 8.37. The number of ether oxygens (including phenoxy) is 3. The molecule has 0 radical (unpaired) electrons. The van der Waals surface area contributed by atoms with Crippen molar-refractivity contribution in [1.82, 2.24) is 5.32 Å². The van der Waals surface area contributed by atoms with E-state index in [4.69, 9.17) is 25.8 Å². The number of rotatable bonds is 7. The van der Waals surface area contributed by atoms with E-state index in [9.17, 15) is 15.0 Å². The maximum absolute atomic E-state index is 11.3. The van der Waals surface area contributed by atoms with Gasteiger partial charge in [-0.3, -0.25) is 0 Å². The van der Waals surface area contributed by atoms with Crippen LogP contribution >= 0.6 is 11.6 Å². The molecule has 0 saturated carbocycles. The number of aliphatic hydroxyl groups is 1. The number of aromatic carboxylic acids is 1. The molecule has 0 spiro atoms. The highest BCUT2D eigenvalue weighted by molar-refractivity contribution is 6.32. The molecule has 0 fully saturated rings. The molecular weight excluding hydrogens is 374 g/mol. The molecule has 2 aromatic rings. The highest BCUT2D eigenvalue weighted by atomic mass is 35.5. The quantitative estimate of drug-likeness (QED) is 0.665. The van der Waals surface area contributed by atoms with Crippen LogP contribution in [0.5, 0.6) is 17.2 Å². The Balaban J connectivity index is 1.55. The molecule has 2 aromatic carbocycles. The maximum atomic E-state index is 11.3. The number of benzene rings is 2. The summed E-state index contributed by atoms with van der Waals surface area (Å²) in [7, 11) is 1.40. The van der Waals surface area contributed by atoms with Gasteiger partial charge in [0.25, 0.3) is 0 Å². The zero-order chi connectivity index (χ0) is 19.4. The Morgan fingerprint density at radius 3 is 2.96 bits per heavy atom. The third-order valence-corrected chi connectivity index (χ3v) is 4.48. The van der Waals surface area contributed by atoms with Crippen LogP contribution < -0.4 is 19.5 Å². The summed E-state index contributed by atoms with van der Waals surface area (Å²) in [5.41, 5.74) is 0.491. The summed E-state index contributed by atoms with van der Waals surface area (Å²) in [4.78, 5) is 11.3. The van der Waals surface area contributed by atoms with E-state index in [-0.39, 0.29) is 24.0 Å². The zero-order valence-electron chi connectivity index (χ0n) is 14.6. The first-order valence-corrected chi connectivity index (χ1v) is 8.75. The van der Waals surface area contributed by atoms with E-state index in [1.807, 2.05) is 0 Å². The Labute approximate surface area is 161 Å². The molecule has 0 amide bonds. The summed E-state index contributed by atoms with van der Waals surface area (Å²) in [6, 6.07) is 9.88. The average molecular weight is 394 g/mol. The summed E-state index contributed by atoms with van der Waals surface area (Å²) >= 11 is 6.06. The maximum Gasteiger partial charge on any atom is 0.339 e. The lowest BCUT2D eigenvalue weighted by atomic mass is 10.0. The van der Waals surface area contributed by atoms with E-state index in [0.717, 1.165) is 0 Å². The molecule has 7 nitrogen and oxygen atoms in total. The number of nitrogens with one attached hydrogen (secondary N) is 1. The predicted molar refractivity (Wildman–Crippen MR) is 99.1 cm³/mol. The third kappa shape index (κ3) is 4.44. The van der Waals surface area contributed by atoms with Crippen molar-refractivity contribution in [3.8, 4) is 17.2 Å². The molecule has 1 heterocycles. The molecule has 1 aliphatic heterocycles. The molecule has 3 rings (SSSR count). The molecule has 0 aromatic heterocycles. The molecule has 0 aliphatic carbocycles. The van der Waals surface area contributed by atoms with Crippen LogP contribution in [0.2, 0.25) is 5.02 Å². The van der Waals surface area contributed by atoms with E-state index >= 15 is 0 Å². The molecule has 0 saturated heterocycles. The summed E-state index contributed by atoms with van der Waals surface area (Å²) in [5, 5.41) is 23.2. The molecule has 3 N–H and O–H groups in total. The Hall–Kier alpha value is -2.48. The van der Waals surface area contributed by atoms with Gasteiger partial charge in [-0.25, -0.2) is 4.79 Å². The number of halogens is 1. The van der Waals surface area contributed by atoms with Crippen LogP contribution in [0.25, 0.3) is 0 Å². The summed E-state index contributed by atoms with van der Waals surface area (Å²) in [5.74, 6) is 0.257. The van der Waals surface area contributed by atoms with Crippen LogP contribution in [-0.4, -0.2) is 49.1 Å². The van der Waals surface area contributed by atoms with Crippen LogP contribution in [0.3, 0.4) is 0 Å². The lowest BCUT2D eigenvalue weighted by molar-refractivity contribution is 0.0693. The highest BCUT2D eigenvalue weighted by Crippen LogP contribution is 2.37. The van der Waals surface area contributed by atoms with Crippen molar-refractivity contribution in [1.29, 1.82) is 0 Å². The molecule has 0 bridgehead atoms. The fraction of sp³-hybridized carbons (Fsp3) is 0.316. The number of carbonyl (C=O) groups is 1. The highest BCUT2D eigenvalue weighted by Gasteiger charge is 2.23. The summed E-state index contributed by atoms with van der Waals surface area (Å²) < 4.78 is 16.5. The number of para-hydroxylation sites is 1. The minimum absolute atomic E-state index is 0.00606. The molecule has 2 atom stereocenters. The number of carboxylic acid groups (broad SMARTS) is 1. The van der Waals surface area contributed by atoms with Gasteiger partial charge in [0.05, 0.1) is 18.2 Å². The number of fused-ring (bicyclic) bond motifs is 1. The summed E-state index contributed by atoms with van der Waals surface area (Å²) in [6.07, 6.45) is -1.10. The van der Waals surface area contributed by atoms with Gasteiger partial charge >= 0.3 is 5.97 Å². The minimum Gasteiger partial charge on any atom is -0.496 e. The van der Waals surface area contributed by atoms with Crippen molar-refractivity contribution < 1.29 is 29.2 Å². The Kier molecular flexibility index (Phi) is 6.05. The normalized spacial score (nSPS) is 16.6. The van der Waals surface area contributed by atoms with E-state index in [2.05, 4.69) is 5.32 Å². The predicted octanol–water partition coefficient (Wildman–Crippen LogP) is 2.51. The molecule has 27 heavy (non-hydrogen) atoms. The average Bonchev–Trinajstić information content (AvgIpc) is 2.67.